The molecule has 3 aromatic carbocycles. The predicted molar refractivity (Wildman–Crippen MR) is 120 cm³/mol. The van der Waals surface area contributed by atoms with Gasteiger partial charge in [-0.3, -0.25) is 0 Å². The monoisotopic (exact) mass is 430 g/mol. The lowest BCUT2D eigenvalue weighted by Gasteiger charge is -2.08. The highest BCUT2D eigenvalue weighted by molar-refractivity contribution is 9.10. The van der Waals surface area contributed by atoms with Crippen molar-refractivity contribution in [3.05, 3.63) is 82.3 Å². The van der Waals surface area contributed by atoms with Crippen LogP contribution in [0.5, 0.6) is 0 Å². The number of aryl methyl sites for hydroxylation is 1. The van der Waals surface area contributed by atoms with E-state index in [0.717, 1.165) is 44.9 Å². The first-order valence-corrected chi connectivity index (χ1v) is 9.71. The van der Waals surface area contributed by atoms with Gasteiger partial charge in [0.25, 0.3) is 0 Å². The van der Waals surface area contributed by atoms with Crippen LogP contribution in [0.4, 0.5) is 17.3 Å². The smallest absolute Gasteiger partial charge is 0.208 e. The van der Waals surface area contributed by atoms with Gasteiger partial charge in [-0.15, -0.1) is 6.42 Å². The van der Waals surface area contributed by atoms with E-state index in [4.69, 9.17) is 11.4 Å². The molecule has 4 aromatic rings. The van der Waals surface area contributed by atoms with Gasteiger partial charge in [0, 0.05) is 29.3 Å². The van der Waals surface area contributed by atoms with Crippen LogP contribution in [0.15, 0.2) is 71.2 Å². The Labute approximate surface area is 172 Å². The Morgan fingerprint density at radius 1 is 1.07 bits per heavy atom. The van der Waals surface area contributed by atoms with Gasteiger partial charge in [-0.05, 0) is 54.1 Å². The van der Waals surface area contributed by atoms with Gasteiger partial charge >= 0.3 is 0 Å². The third-order valence-electron chi connectivity index (χ3n) is 4.62. The summed E-state index contributed by atoms with van der Waals surface area (Å²) in [6, 6.07) is 22.2. The minimum Gasteiger partial charge on any atom is -0.381 e. The average molecular weight is 431 g/mol. The van der Waals surface area contributed by atoms with E-state index in [1.807, 2.05) is 60.1 Å². The summed E-state index contributed by atoms with van der Waals surface area (Å²) in [4.78, 5) is 4.76. The molecule has 28 heavy (non-hydrogen) atoms. The fraction of sp³-hybridized carbons (Fsp3) is 0.0870. The maximum Gasteiger partial charge on any atom is 0.208 e. The maximum atomic E-state index is 5.60. The Hall–Kier alpha value is -3.23. The molecule has 0 aliphatic carbocycles. The largest absolute Gasteiger partial charge is 0.381 e. The molecule has 0 atom stereocenters. The van der Waals surface area contributed by atoms with Crippen LogP contribution >= 0.6 is 15.9 Å². The van der Waals surface area contributed by atoms with Crippen LogP contribution in [0.25, 0.3) is 11.0 Å². The van der Waals surface area contributed by atoms with Crippen molar-refractivity contribution in [1.29, 1.82) is 0 Å². The number of rotatable bonds is 5. The zero-order valence-corrected chi connectivity index (χ0v) is 17.0. The first-order chi connectivity index (χ1) is 13.6. The van der Waals surface area contributed by atoms with Crippen molar-refractivity contribution in [3.8, 4) is 12.3 Å². The van der Waals surface area contributed by atoms with Crippen molar-refractivity contribution in [3.63, 3.8) is 0 Å². The van der Waals surface area contributed by atoms with Gasteiger partial charge in [0.15, 0.2) is 0 Å². The Bertz CT molecular complexity index is 1170. The number of fused-ring (bicyclic) bond motifs is 1. The Kier molecular flexibility index (Phi) is 5.05. The van der Waals surface area contributed by atoms with E-state index in [1.165, 1.54) is 5.56 Å². The van der Waals surface area contributed by atoms with E-state index in [0.29, 0.717) is 0 Å². The summed E-state index contributed by atoms with van der Waals surface area (Å²) in [6.07, 6.45) is 5.60. The number of aromatic nitrogens is 2. The van der Waals surface area contributed by atoms with Gasteiger partial charge < -0.3 is 15.2 Å². The number of nitrogens with one attached hydrogen (secondary N) is 2. The molecule has 0 spiro atoms. The molecule has 2 N–H and O–H groups in total. The molecule has 0 saturated heterocycles. The number of terminal acetylenes is 1. The summed E-state index contributed by atoms with van der Waals surface area (Å²) in [5, 5.41) is 6.79. The number of hydrogen-bond acceptors (Lipinski definition) is 3. The van der Waals surface area contributed by atoms with E-state index < -0.39 is 0 Å². The quantitative estimate of drug-likeness (QED) is 0.400. The second-order valence-electron chi connectivity index (χ2n) is 6.49. The van der Waals surface area contributed by atoms with E-state index in [1.54, 1.807) is 0 Å². The van der Waals surface area contributed by atoms with Crippen LogP contribution in [0.1, 0.15) is 11.1 Å². The SMILES string of the molecule is C#Cc1ccccc1Nc1nc2cc(CNc3ccc(Br)cc3)ccc2n1C. The first-order valence-electron chi connectivity index (χ1n) is 8.91. The highest BCUT2D eigenvalue weighted by atomic mass is 79.9. The molecule has 5 heteroatoms. The zero-order chi connectivity index (χ0) is 19.5. The third kappa shape index (κ3) is 3.73. The second-order valence-corrected chi connectivity index (χ2v) is 7.41. The molecule has 4 nitrogen and oxygen atoms in total. The van der Waals surface area contributed by atoms with Crippen LogP contribution < -0.4 is 10.6 Å². The summed E-state index contributed by atoms with van der Waals surface area (Å²) in [7, 11) is 2.00. The van der Waals surface area contributed by atoms with Crippen molar-refractivity contribution >= 4 is 44.3 Å². The fourth-order valence-corrected chi connectivity index (χ4v) is 3.34. The highest BCUT2D eigenvalue weighted by Gasteiger charge is 2.10. The number of nitrogens with zero attached hydrogens (tertiary/aromatic N) is 2. The summed E-state index contributed by atoms with van der Waals surface area (Å²) < 4.78 is 3.11. The predicted octanol–water partition coefficient (Wildman–Crippen LogP) is 5.67. The molecule has 138 valence electrons. The van der Waals surface area contributed by atoms with Gasteiger partial charge in [0.05, 0.1) is 16.7 Å². The summed E-state index contributed by atoms with van der Waals surface area (Å²) in [6.45, 7) is 0.733. The summed E-state index contributed by atoms with van der Waals surface area (Å²) >= 11 is 3.46. The van der Waals surface area contributed by atoms with Crippen LogP contribution in [-0.4, -0.2) is 9.55 Å². The number of para-hydroxylation sites is 1. The standard InChI is InChI=1S/C23H19BrN4/c1-3-17-6-4-5-7-20(17)26-23-27-21-14-16(8-13-22(21)28(23)2)15-25-19-11-9-18(24)10-12-19/h1,4-14,25H,15H2,2H3,(H,26,27). The molecular formula is C23H19BrN4. The molecule has 0 fully saturated rings. The molecule has 1 aromatic heterocycles. The highest BCUT2D eigenvalue weighted by Crippen LogP contribution is 2.24. The molecule has 0 unspecified atom stereocenters. The minimum absolute atomic E-state index is 0.733. The van der Waals surface area contributed by atoms with Gasteiger partial charge in [0.2, 0.25) is 5.95 Å². The number of anilines is 3. The van der Waals surface area contributed by atoms with Crippen molar-refractivity contribution in [2.45, 2.75) is 6.54 Å². The fourth-order valence-electron chi connectivity index (χ4n) is 3.08. The lowest BCUT2D eigenvalue weighted by atomic mass is 10.2. The molecule has 0 saturated carbocycles. The second kappa shape index (κ2) is 7.79. The molecule has 0 aliphatic heterocycles. The molecule has 4 rings (SSSR count). The summed E-state index contributed by atoms with van der Waals surface area (Å²) in [5.74, 6) is 3.46. The third-order valence-corrected chi connectivity index (χ3v) is 5.14. The minimum atomic E-state index is 0.733. The number of benzene rings is 3. The molecule has 0 bridgehead atoms. The summed E-state index contributed by atoms with van der Waals surface area (Å²) in [5.41, 5.74) is 5.95. The van der Waals surface area contributed by atoms with Gasteiger partial charge in [-0.25, -0.2) is 4.98 Å². The van der Waals surface area contributed by atoms with Crippen LogP contribution in [0.2, 0.25) is 0 Å². The Balaban J connectivity index is 1.57. The van der Waals surface area contributed by atoms with Crippen LogP contribution in [0.3, 0.4) is 0 Å². The van der Waals surface area contributed by atoms with Crippen molar-refractivity contribution < 1.29 is 0 Å². The van der Waals surface area contributed by atoms with E-state index in [-0.39, 0.29) is 0 Å². The molecule has 0 aliphatic rings. The average Bonchev–Trinajstić information content (AvgIpc) is 3.03. The van der Waals surface area contributed by atoms with Crippen molar-refractivity contribution in [1.82, 2.24) is 9.55 Å². The van der Waals surface area contributed by atoms with Gasteiger partial charge in [-0.2, -0.15) is 0 Å². The van der Waals surface area contributed by atoms with Crippen LogP contribution in [0, 0.1) is 12.3 Å². The molecule has 0 radical (unpaired) electrons. The van der Waals surface area contributed by atoms with Gasteiger partial charge in [-0.1, -0.05) is 40.0 Å². The maximum absolute atomic E-state index is 5.60. The van der Waals surface area contributed by atoms with E-state index in [9.17, 15) is 0 Å². The van der Waals surface area contributed by atoms with Gasteiger partial charge in [0.1, 0.15) is 0 Å². The molecule has 0 amide bonds. The topological polar surface area (TPSA) is 41.9 Å². The van der Waals surface area contributed by atoms with Crippen LogP contribution in [-0.2, 0) is 13.6 Å². The number of imidazole rings is 1. The molecule has 1 heterocycles. The normalized spacial score (nSPS) is 10.6. The lowest BCUT2D eigenvalue weighted by Crippen LogP contribution is -2.00. The van der Waals surface area contributed by atoms with Crippen molar-refractivity contribution in [2.75, 3.05) is 10.6 Å². The van der Waals surface area contributed by atoms with E-state index in [2.05, 4.69) is 50.7 Å². The lowest BCUT2D eigenvalue weighted by molar-refractivity contribution is 0.958. The Morgan fingerprint density at radius 2 is 1.86 bits per heavy atom. The van der Waals surface area contributed by atoms with Crippen molar-refractivity contribution in [2.24, 2.45) is 7.05 Å². The number of hydrogen-bond donors (Lipinski definition) is 2. The Morgan fingerprint density at radius 3 is 2.64 bits per heavy atom. The van der Waals surface area contributed by atoms with E-state index >= 15 is 0 Å². The number of halogens is 1. The molecular weight excluding hydrogens is 412 g/mol. The first kappa shape index (κ1) is 18.1. The zero-order valence-electron chi connectivity index (χ0n) is 15.4.